The molecule has 0 fully saturated rings. The third-order valence-electron chi connectivity index (χ3n) is 7.82. The van der Waals surface area contributed by atoms with E-state index in [9.17, 15) is 14.4 Å². The van der Waals surface area contributed by atoms with E-state index in [0.717, 1.165) is 48.8 Å². The first-order valence-corrected chi connectivity index (χ1v) is 16.7. The van der Waals surface area contributed by atoms with E-state index in [0.29, 0.717) is 29.2 Å². The van der Waals surface area contributed by atoms with Crippen LogP contribution in [0.4, 0.5) is 10.5 Å². The van der Waals surface area contributed by atoms with Crippen molar-refractivity contribution in [3.8, 4) is 0 Å². The van der Waals surface area contributed by atoms with Gasteiger partial charge in [-0.25, -0.2) is 4.79 Å². The van der Waals surface area contributed by atoms with Crippen molar-refractivity contribution < 1.29 is 19.1 Å². The van der Waals surface area contributed by atoms with E-state index in [4.69, 9.17) is 16.3 Å². The maximum absolute atomic E-state index is 14.8. The van der Waals surface area contributed by atoms with Crippen molar-refractivity contribution in [3.63, 3.8) is 0 Å². The number of alkyl carbamates (subject to hydrolysis) is 1. The normalized spacial score (nSPS) is 12.6. The number of benzene rings is 3. The minimum absolute atomic E-state index is 0.234. The monoisotopic (exact) mass is 647 g/mol. The molecule has 2 atom stereocenters. The highest BCUT2D eigenvalue weighted by molar-refractivity contribution is 6.34. The van der Waals surface area contributed by atoms with Crippen LogP contribution in [0.3, 0.4) is 0 Å². The Balaban J connectivity index is 2.08. The zero-order valence-electron chi connectivity index (χ0n) is 28.2. The Hall–Kier alpha value is -3.84. The number of para-hydroxylation sites is 1. The second-order valence-electron chi connectivity index (χ2n) is 12.9. The quantitative estimate of drug-likeness (QED) is 0.161. The van der Waals surface area contributed by atoms with Crippen LogP contribution in [0.25, 0.3) is 0 Å². The van der Waals surface area contributed by atoms with Crippen molar-refractivity contribution in [2.75, 3.05) is 11.9 Å². The van der Waals surface area contributed by atoms with Gasteiger partial charge in [0, 0.05) is 13.0 Å². The third kappa shape index (κ3) is 11.2. The molecule has 2 unspecified atom stereocenters. The number of unbranched alkanes of at least 4 members (excludes halogenated alkanes) is 5. The number of amides is 3. The van der Waals surface area contributed by atoms with E-state index >= 15 is 0 Å². The molecule has 7 nitrogen and oxygen atoms in total. The number of hydrogen-bond acceptors (Lipinski definition) is 4. The number of rotatable bonds is 15. The van der Waals surface area contributed by atoms with Crippen LogP contribution >= 0.6 is 11.6 Å². The smallest absolute Gasteiger partial charge is 0.408 e. The van der Waals surface area contributed by atoms with Crippen molar-refractivity contribution in [2.45, 2.75) is 104 Å². The third-order valence-corrected chi connectivity index (χ3v) is 8.14. The topological polar surface area (TPSA) is 87.7 Å². The summed E-state index contributed by atoms with van der Waals surface area (Å²) in [4.78, 5) is 43.9. The number of halogens is 1. The van der Waals surface area contributed by atoms with Gasteiger partial charge in [-0.1, -0.05) is 117 Å². The lowest BCUT2D eigenvalue weighted by Crippen LogP contribution is -2.53. The van der Waals surface area contributed by atoms with E-state index in [1.165, 1.54) is 0 Å². The maximum Gasteiger partial charge on any atom is 0.408 e. The summed E-state index contributed by atoms with van der Waals surface area (Å²) < 4.78 is 5.57. The molecular weight excluding hydrogens is 598 g/mol. The molecule has 0 aromatic heterocycles. The van der Waals surface area contributed by atoms with Crippen LogP contribution in [0, 0.1) is 13.8 Å². The summed E-state index contributed by atoms with van der Waals surface area (Å²) in [7, 11) is 0. The van der Waals surface area contributed by atoms with Gasteiger partial charge in [-0.2, -0.15) is 0 Å². The predicted molar refractivity (Wildman–Crippen MR) is 187 cm³/mol. The van der Waals surface area contributed by atoms with E-state index in [1.54, 1.807) is 31.7 Å². The molecule has 0 spiro atoms. The van der Waals surface area contributed by atoms with E-state index in [2.05, 4.69) is 17.6 Å². The fraction of sp³-hybridized carbons (Fsp3) is 0.447. The van der Waals surface area contributed by atoms with Crippen LogP contribution in [-0.2, 0) is 20.7 Å². The molecule has 0 saturated heterocycles. The molecule has 2 N–H and O–H groups in total. The van der Waals surface area contributed by atoms with Crippen LogP contribution in [0.5, 0.6) is 0 Å². The average molecular weight is 648 g/mol. The Labute approximate surface area is 280 Å². The summed E-state index contributed by atoms with van der Waals surface area (Å²) in [5, 5.41) is 6.30. The number of carbonyl (C=O) groups is 3. The minimum atomic E-state index is -0.973. The summed E-state index contributed by atoms with van der Waals surface area (Å²) in [6.45, 7) is 11.7. The maximum atomic E-state index is 14.8. The largest absolute Gasteiger partial charge is 0.444 e. The number of ether oxygens (including phenoxy) is 1. The molecule has 3 amide bonds. The molecular formula is C38H50ClN3O4. The van der Waals surface area contributed by atoms with Gasteiger partial charge in [0.2, 0.25) is 5.91 Å². The standard InChI is InChI=1S/C38H50ClN3O4/c1-7-8-9-10-11-17-25-42(36(44)32(26-29-21-13-12-14-22-29)40-37(45)46-38(4,5)6)34(30-23-16-15-19-27(30)2)35(43)41-33-28(3)20-18-24-31(33)39/h12-16,18-24,32,34H,7-11,17,25-26H2,1-6H3,(H,40,45)(H,41,43). The Kier molecular flexibility index (Phi) is 14.1. The van der Waals surface area contributed by atoms with Gasteiger partial charge in [-0.3, -0.25) is 9.59 Å². The van der Waals surface area contributed by atoms with Gasteiger partial charge in [0.15, 0.2) is 0 Å². The minimum Gasteiger partial charge on any atom is -0.444 e. The van der Waals surface area contributed by atoms with Crippen LogP contribution in [0.2, 0.25) is 5.02 Å². The van der Waals surface area contributed by atoms with Gasteiger partial charge in [-0.05, 0) is 69.4 Å². The first-order valence-electron chi connectivity index (χ1n) is 16.4. The Bertz CT molecular complexity index is 1420. The average Bonchev–Trinajstić information content (AvgIpc) is 3.00. The molecule has 3 aromatic rings. The fourth-order valence-corrected chi connectivity index (χ4v) is 5.72. The van der Waals surface area contributed by atoms with Crippen LogP contribution in [-0.4, -0.2) is 41.0 Å². The van der Waals surface area contributed by atoms with Crippen molar-refractivity contribution in [2.24, 2.45) is 0 Å². The SMILES string of the molecule is CCCCCCCCN(C(=O)C(Cc1ccccc1)NC(=O)OC(C)(C)C)C(C(=O)Nc1c(C)cccc1Cl)c1ccccc1C. The Morgan fingerprint density at radius 1 is 0.826 bits per heavy atom. The summed E-state index contributed by atoms with van der Waals surface area (Å²) in [6.07, 6.45) is 5.63. The Morgan fingerprint density at radius 2 is 1.46 bits per heavy atom. The Morgan fingerprint density at radius 3 is 2.11 bits per heavy atom. The second kappa shape index (κ2) is 17.7. The summed E-state index contributed by atoms with van der Waals surface area (Å²) >= 11 is 6.54. The highest BCUT2D eigenvalue weighted by Crippen LogP contribution is 2.31. The predicted octanol–water partition coefficient (Wildman–Crippen LogP) is 8.96. The molecule has 0 aliphatic carbocycles. The molecule has 3 rings (SSSR count). The molecule has 3 aromatic carbocycles. The summed E-state index contributed by atoms with van der Waals surface area (Å²) in [5.41, 5.74) is 3.02. The second-order valence-corrected chi connectivity index (χ2v) is 13.3. The molecule has 248 valence electrons. The van der Waals surface area contributed by atoms with Crippen molar-refractivity contribution in [3.05, 3.63) is 100 Å². The lowest BCUT2D eigenvalue weighted by atomic mass is 9.96. The summed E-state index contributed by atoms with van der Waals surface area (Å²) in [5.74, 6) is -0.733. The highest BCUT2D eigenvalue weighted by atomic mass is 35.5. The zero-order valence-corrected chi connectivity index (χ0v) is 29.0. The van der Waals surface area contributed by atoms with Crippen molar-refractivity contribution >= 4 is 35.2 Å². The molecule has 0 aliphatic rings. The lowest BCUT2D eigenvalue weighted by molar-refractivity contribution is -0.140. The number of carbonyl (C=O) groups excluding carboxylic acids is 3. The van der Waals surface area contributed by atoms with Gasteiger partial charge in [0.25, 0.3) is 5.91 Å². The van der Waals surface area contributed by atoms with Gasteiger partial charge in [-0.15, -0.1) is 0 Å². The van der Waals surface area contributed by atoms with E-state index < -0.39 is 23.8 Å². The molecule has 0 saturated carbocycles. The van der Waals surface area contributed by atoms with Crippen LogP contribution < -0.4 is 10.6 Å². The fourth-order valence-electron chi connectivity index (χ4n) is 5.45. The van der Waals surface area contributed by atoms with E-state index in [-0.39, 0.29) is 18.2 Å². The number of anilines is 1. The molecule has 46 heavy (non-hydrogen) atoms. The summed E-state index contributed by atoms with van der Waals surface area (Å²) in [6, 6.07) is 20.6. The first kappa shape index (κ1) is 36.6. The van der Waals surface area contributed by atoms with E-state index in [1.807, 2.05) is 80.6 Å². The number of hydrogen-bond donors (Lipinski definition) is 2. The number of aryl methyl sites for hydroxylation is 2. The van der Waals surface area contributed by atoms with Gasteiger partial charge >= 0.3 is 6.09 Å². The molecule has 8 heteroatoms. The first-order chi connectivity index (χ1) is 21.9. The van der Waals surface area contributed by atoms with Crippen LogP contribution in [0.1, 0.15) is 94.5 Å². The van der Waals surface area contributed by atoms with Gasteiger partial charge in [0.05, 0.1) is 10.7 Å². The molecule has 0 radical (unpaired) electrons. The lowest BCUT2D eigenvalue weighted by Gasteiger charge is -2.35. The number of nitrogens with zero attached hydrogens (tertiary/aromatic N) is 1. The highest BCUT2D eigenvalue weighted by Gasteiger charge is 2.37. The molecule has 0 bridgehead atoms. The van der Waals surface area contributed by atoms with Gasteiger partial charge < -0.3 is 20.3 Å². The van der Waals surface area contributed by atoms with Crippen LogP contribution in [0.15, 0.2) is 72.8 Å². The number of nitrogens with one attached hydrogen (secondary N) is 2. The molecule has 0 aliphatic heterocycles. The van der Waals surface area contributed by atoms with Crippen molar-refractivity contribution in [1.82, 2.24) is 10.2 Å². The zero-order chi connectivity index (χ0) is 33.7. The van der Waals surface area contributed by atoms with Crippen molar-refractivity contribution in [1.29, 1.82) is 0 Å². The molecule has 0 heterocycles. The van der Waals surface area contributed by atoms with Gasteiger partial charge in [0.1, 0.15) is 17.7 Å².